The Kier molecular flexibility index (Phi) is 17.5. The topological polar surface area (TPSA) is 143 Å². The van der Waals surface area contributed by atoms with Gasteiger partial charge in [0.25, 0.3) is 0 Å². The molecule has 0 bridgehead atoms. The van der Waals surface area contributed by atoms with Crippen molar-refractivity contribution < 1.29 is 33.8 Å². The van der Waals surface area contributed by atoms with Crippen LogP contribution in [0.5, 0.6) is 0 Å². The van der Waals surface area contributed by atoms with Crippen LogP contribution >= 0.6 is 11.8 Å². The first-order valence-corrected chi connectivity index (χ1v) is 15.7. The fourth-order valence-corrected chi connectivity index (χ4v) is 4.74. The standard InChI is InChI=1S/C29H55N3O7S/c1-17(2)14-22(32-28(37)39-29(7,8)9)24(33)16-20(19(5)6)25(34)30-21(12-13-40-11)26(35)31-23(15-18(3)4)27(36)38-10/h17-24,33H,12-16H2,1-11H3,(H,30,34)(H,31,35)(H,32,37)/t20-,21-,22-,23-,24+/m0/s1. The van der Waals surface area contributed by atoms with Gasteiger partial charge in [-0.1, -0.05) is 41.5 Å². The van der Waals surface area contributed by atoms with E-state index in [1.165, 1.54) is 7.11 Å². The average Bonchev–Trinajstić information content (AvgIpc) is 2.81. The molecule has 40 heavy (non-hydrogen) atoms. The van der Waals surface area contributed by atoms with Crippen LogP contribution in [0.15, 0.2) is 0 Å². The first-order valence-electron chi connectivity index (χ1n) is 14.3. The molecule has 0 saturated heterocycles. The number of hydrogen-bond acceptors (Lipinski definition) is 8. The van der Waals surface area contributed by atoms with Crippen LogP contribution in [-0.2, 0) is 23.9 Å². The minimum atomic E-state index is -1.01. The first kappa shape index (κ1) is 38.0. The third kappa shape index (κ3) is 15.7. The summed E-state index contributed by atoms with van der Waals surface area (Å²) in [5.41, 5.74) is -0.688. The Bertz CT molecular complexity index is 799. The van der Waals surface area contributed by atoms with Crippen molar-refractivity contribution >= 4 is 35.6 Å². The SMILES string of the molecule is COC(=O)[C@H](CC(C)C)NC(=O)[C@H](CCSC)NC(=O)[C@@H](C[C@@H](O)[C@H](CC(C)C)NC(=O)OC(C)(C)C)C(C)C. The zero-order chi connectivity index (χ0) is 31.2. The highest BCUT2D eigenvalue weighted by Crippen LogP contribution is 2.22. The van der Waals surface area contributed by atoms with Crippen molar-refractivity contribution in [2.75, 3.05) is 19.1 Å². The smallest absolute Gasteiger partial charge is 0.407 e. The van der Waals surface area contributed by atoms with E-state index in [9.17, 15) is 24.3 Å². The zero-order valence-electron chi connectivity index (χ0n) is 26.5. The predicted octanol–water partition coefficient (Wildman–Crippen LogP) is 3.89. The molecular formula is C29H55N3O7S. The molecule has 0 unspecified atom stereocenters. The minimum Gasteiger partial charge on any atom is -0.467 e. The number of hydrogen-bond donors (Lipinski definition) is 4. The van der Waals surface area contributed by atoms with Gasteiger partial charge in [0.1, 0.15) is 17.7 Å². The molecule has 0 spiro atoms. The lowest BCUT2D eigenvalue weighted by Crippen LogP contribution is -2.54. The number of ether oxygens (including phenoxy) is 2. The van der Waals surface area contributed by atoms with Gasteiger partial charge in [-0.2, -0.15) is 11.8 Å². The molecule has 0 aromatic carbocycles. The highest BCUT2D eigenvalue weighted by Gasteiger charge is 2.34. The van der Waals surface area contributed by atoms with E-state index < -0.39 is 53.7 Å². The summed E-state index contributed by atoms with van der Waals surface area (Å²) in [5, 5.41) is 19.6. The van der Waals surface area contributed by atoms with E-state index in [1.807, 2.05) is 47.8 Å². The summed E-state index contributed by atoms with van der Waals surface area (Å²) in [6.45, 7) is 16.9. The lowest BCUT2D eigenvalue weighted by Gasteiger charge is -2.31. The second-order valence-electron chi connectivity index (χ2n) is 12.6. The number of thioether (sulfide) groups is 1. The number of nitrogens with one attached hydrogen (secondary N) is 3. The van der Waals surface area contributed by atoms with Crippen LogP contribution in [0.2, 0.25) is 0 Å². The summed E-state index contributed by atoms with van der Waals surface area (Å²) in [6.07, 6.45) is 1.64. The van der Waals surface area contributed by atoms with Crippen molar-refractivity contribution in [2.45, 2.75) is 118 Å². The highest BCUT2D eigenvalue weighted by atomic mass is 32.2. The summed E-state index contributed by atoms with van der Waals surface area (Å²) in [7, 11) is 1.28. The van der Waals surface area contributed by atoms with Crippen LogP contribution in [0.4, 0.5) is 4.79 Å². The molecule has 0 radical (unpaired) electrons. The van der Waals surface area contributed by atoms with Crippen molar-refractivity contribution in [3.63, 3.8) is 0 Å². The molecule has 0 aromatic rings. The third-order valence-corrected chi connectivity index (χ3v) is 6.93. The van der Waals surface area contributed by atoms with Crippen molar-refractivity contribution in [1.82, 2.24) is 16.0 Å². The predicted molar refractivity (Wildman–Crippen MR) is 160 cm³/mol. The molecule has 0 aromatic heterocycles. The number of esters is 1. The van der Waals surface area contributed by atoms with Crippen molar-refractivity contribution in [3.8, 4) is 0 Å². The van der Waals surface area contributed by atoms with Crippen molar-refractivity contribution in [2.24, 2.45) is 23.7 Å². The van der Waals surface area contributed by atoms with Crippen LogP contribution in [0.3, 0.4) is 0 Å². The van der Waals surface area contributed by atoms with Gasteiger partial charge < -0.3 is 30.5 Å². The normalized spacial score (nSPS) is 15.7. The molecule has 0 rings (SSSR count). The van der Waals surface area contributed by atoms with Crippen LogP contribution in [0, 0.1) is 23.7 Å². The van der Waals surface area contributed by atoms with Crippen LogP contribution in [0.1, 0.15) is 88.0 Å². The van der Waals surface area contributed by atoms with E-state index in [4.69, 9.17) is 9.47 Å². The van der Waals surface area contributed by atoms with E-state index in [1.54, 1.807) is 32.5 Å². The maximum absolute atomic E-state index is 13.5. The molecule has 10 nitrogen and oxygen atoms in total. The molecule has 11 heteroatoms. The van der Waals surface area contributed by atoms with E-state index in [0.717, 1.165) is 0 Å². The molecule has 5 atom stereocenters. The fourth-order valence-electron chi connectivity index (χ4n) is 4.27. The van der Waals surface area contributed by atoms with Gasteiger partial charge in [0.15, 0.2) is 0 Å². The van der Waals surface area contributed by atoms with Gasteiger partial charge in [-0.05, 0) is 76.2 Å². The first-order chi connectivity index (χ1) is 18.4. The van der Waals surface area contributed by atoms with Crippen molar-refractivity contribution in [1.29, 1.82) is 0 Å². The number of amides is 3. The number of aliphatic hydroxyl groups excluding tert-OH is 1. The van der Waals surface area contributed by atoms with Gasteiger partial charge in [-0.25, -0.2) is 9.59 Å². The Hall–Kier alpha value is -2.01. The average molecular weight is 590 g/mol. The molecule has 0 aliphatic carbocycles. The third-order valence-electron chi connectivity index (χ3n) is 6.28. The number of alkyl carbamates (subject to hydrolysis) is 1. The molecular weight excluding hydrogens is 534 g/mol. The van der Waals surface area contributed by atoms with Crippen LogP contribution in [0.25, 0.3) is 0 Å². The van der Waals surface area contributed by atoms with Crippen LogP contribution in [-0.4, -0.2) is 77.9 Å². The van der Waals surface area contributed by atoms with Gasteiger partial charge in [-0.15, -0.1) is 0 Å². The Labute approximate surface area is 245 Å². The van der Waals surface area contributed by atoms with E-state index in [0.29, 0.717) is 25.0 Å². The Morgan fingerprint density at radius 1 is 0.825 bits per heavy atom. The van der Waals surface area contributed by atoms with Crippen LogP contribution < -0.4 is 16.0 Å². The summed E-state index contributed by atoms with van der Waals surface area (Å²) in [5.74, 6) is -1.19. The zero-order valence-corrected chi connectivity index (χ0v) is 27.3. The maximum atomic E-state index is 13.5. The van der Waals surface area contributed by atoms with Gasteiger partial charge in [0.2, 0.25) is 11.8 Å². The molecule has 234 valence electrons. The molecule has 0 aliphatic rings. The number of methoxy groups -OCH3 is 1. The van der Waals surface area contributed by atoms with Gasteiger partial charge in [-0.3, -0.25) is 9.59 Å². The number of carbonyl (C=O) groups excluding carboxylic acids is 4. The molecule has 0 fully saturated rings. The number of carbonyl (C=O) groups is 4. The fraction of sp³-hybridized carbons (Fsp3) is 0.862. The van der Waals surface area contributed by atoms with Crippen molar-refractivity contribution in [3.05, 3.63) is 0 Å². The quantitative estimate of drug-likeness (QED) is 0.187. The molecule has 0 saturated carbocycles. The summed E-state index contributed by atoms with van der Waals surface area (Å²) in [6, 6.07) is -2.29. The van der Waals surface area contributed by atoms with E-state index in [2.05, 4.69) is 16.0 Å². The molecule has 0 aliphatic heterocycles. The maximum Gasteiger partial charge on any atom is 0.407 e. The molecule has 3 amide bonds. The Balaban J connectivity index is 5.74. The highest BCUT2D eigenvalue weighted by molar-refractivity contribution is 7.98. The lowest BCUT2D eigenvalue weighted by atomic mass is 9.85. The van der Waals surface area contributed by atoms with Gasteiger partial charge in [0.05, 0.1) is 19.3 Å². The Morgan fingerprint density at radius 2 is 1.38 bits per heavy atom. The van der Waals surface area contributed by atoms with Gasteiger partial charge in [0, 0.05) is 5.92 Å². The second kappa shape index (κ2) is 18.4. The molecule has 0 heterocycles. The largest absolute Gasteiger partial charge is 0.467 e. The summed E-state index contributed by atoms with van der Waals surface area (Å²) in [4.78, 5) is 51.4. The summed E-state index contributed by atoms with van der Waals surface area (Å²) >= 11 is 1.54. The second-order valence-corrected chi connectivity index (χ2v) is 13.6. The molecule has 4 N–H and O–H groups in total. The van der Waals surface area contributed by atoms with E-state index >= 15 is 0 Å². The van der Waals surface area contributed by atoms with E-state index in [-0.39, 0.29) is 30.1 Å². The minimum absolute atomic E-state index is 0.0890. The number of rotatable bonds is 17. The lowest BCUT2D eigenvalue weighted by molar-refractivity contribution is -0.146. The van der Waals surface area contributed by atoms with Gasteiger partial charge >= 0.3 is 12.1 Å². The monoisotopic (exact) mass is 589 g/mol. The number of aliphatic hydroxyl groups is 1. The summed E-state index contributed by atoms with van der Waals surface area (Å²) < 4.78 is 10.2. The Morgan fingerprint density at radius 3 is 1.82 bits per heavy atom.